The quantitative estimate of drug-likeness (QED) is 0.864. The van der Waals surface area contributed by atoms with Gasteiger partial charge in [-0.2, -0.15) is 0 Å². The van der Waals surface area contributed by atoms with Gasteiger partial charge in [-0.1, -0.05) is 0 Å². The van der Waals surface area contributed by atoms with Crippen LogP contribution in [0.3, 0.4) is 0 Å². The number of ether oxygens (including phenoxy) is 1. The van der Waals surface area contributed by atoms with E-state index in [4.69, 9.17) is 4.74 Å². The monoisotopic (exact) mass is 298 g/mol. The molecule has 0 aliphatic carbocycles. The summed E-state index contributed by atoms with van der Waals surface area (Å²) >= 11 is 0. The highest BCUT2D eigenvalue weighted by Gasteiger charge is 2.20. The van der Waals surface area contributed by atoms with E-state index >= 15 is 0 Å². The van der Waals surface area contributed by atoms with Gasteiger partial charge in [0.25, 0.3) is 0 Å². The first-order valence-electron chi connectivity index (χ1n) is 7.08. The van der Waals surface area contributed by atoms with Crippen molar-refractivity contribution in [2.45, 2.75) is 37.1 Å². The third-order valence-electron chi connectivity index (χ3n) is 3.34. The van der Waals surface area contributed by atoms with Crippen LogP contribution in [0, 0.1) is 0 Å². The lowest BCUT2D eigenvalue weighted by atomic mass is 10.1. The molecule has 0 saturated carbocycles. The Morgan fingerprint density at radius 3 is 2.70 bits per heavy atom. The van der Waals surface area contributed by atoms with Gasteiger partial charge in [-0.05, 0) is 63.5 Å². The van der Waals surface area contributed by atoms with Gasteiger partial charge in [0.05, 0.1) is 11.5 Å². The molecule has 20 heavy (non-hydrogen) atoms. The van der Waals surface area contributed by atoms with Crippen molar-refractivity contribution in [3.63, 3.8) is 0 Å². The predicted molar refractivity (Wildman–Crippen MR) is 78.4 cm³/mol. The Bertz CT molecular complexity index is 506. The van der Waals surface area contributed by atoms with E-state index in [-0.39, 0.29) is 10.9 Å². The zero-order chi connectivity index (χ0) is 14.4. The highest BCUT2D eigenvalue weighted by Crippen LogP contribution is 2.17. The lowest BCUT2D eigenvalue weighted by Crippen LogP contribution is -2.35. The Balaban J connectivity index is 2.05. The summed E-state index contributed by atoms with van der Waals surface area (Å²) in [6.07, 6.45) is 2.70. The van der Waals surface area contributed by atoms with Crippen LogP contribution in [0.5, 0.6) is 5.75 Å². The minimum absolute atomic E-state index is 0.0153. The molecule has 0 amide bonds. The summed E-state index contributed by atoms with van der Waals surface area (Å²) in [7, 11) is -3.44. The van der Waals surface area contributed by atoms with Gasteiger partial charge in [-0.25, -0.2) is 13.1 Å². The minimum Gasteiger partial charge on any atom is -0.494 e. The smallest absolute Gasteiger partial charge is 0.240 e. The van der Waals surface area contributed by atoms with E-state index in [9.17, 15) is 8.42 Å². The normalized spacial score (nSPS) is 20.4. The van der Waals surface area contributed by atoms with Crippen molar-refractivity contribution in [1.29, 1.82) is 0 Å². The summed E-state index contributed by atoms with van der Waals surface area (Å²) < 4.78 is 32.7. The van der Waals surface area contributed by atoms with Gasteiger partial charge < -0.3 is 10.1 Å². The summed E-state index contributed by atoms with van der Waals surface area (Å²) in [5.41, 5.74) is 0. The molecule has 2 rings (SSSR count). The fourth-order valence-electron chi connectivity index (χ4n) is 2.31. The molecule has 6 heteroatoms. The van der Waals surface area contributed by atoms with Crippen molar-refractivity contribution in [2.75, 3.05) is 19.7 Å². The van der Waals surface area contributed by atoms with E-state index < -0.39 is 10.0 Å². The van der Waals surface area contributed by atoms with Gasteiger partial charge in [-0.15, -0.1) is 0 Å². The number of benzene rings is 1. The maximum atomic E-state index is 12.3. The van der Waals surface area contributed by atoms with Crippen LogP contribution in [0.15, 0.2) is 29.2 Å². The molecule has 5 nitrogen and oxygen atoms in total. The van der Waals surface area contributed by atoms with Crippen molar-refractivity contribution in [3.8, 4) is 5.75 Å². The Morgan fingerprint density at radius 2 is 2.00 bits per heavy atom. The molecule has 0 bridgehead atoms. The van der Waals surface area contributed by atoms with E-state index in [0.717, 1.165) is 32.4 Å². The van der Waals surface area contributed by atoms with Crippen molar-refractivity contribution in [1.82, 2.24) is 10.0 Å². The van der Waals surface area contributed by atoms with Gasteiger partial charge in [0.1, 0.15) is 5.75 Å². The Morgan fingerprint density at radius 1 is 1.25 bits per heavy atom. The molecule has 2 N–H and O–H groups in total. The second-order valence-corrected chi connectivity index (χ2v) is 6.62. The number of hydrogen-bond donors (Lipinski definition) is 2. The standard InChI is InChI=1S/C14H22N2O3S/c1-2-19-13-5-7-14(8-6-13)20(17,18)16-12-4-3-10-15-11-9-12/h5-8,12,15-16H,2-4,9-11H2,1H3. The van der Waals surface area contributed by atoms with Crippen molar-refractivity contribution in [2.24, 2.45) is 0 Å². The molecular weight excluding hydrogens is 276 g/mol. The van der Waals surface area contributed by atoms with E-state index in [0.29, 0.717) is 12.4 Å². The fourth-order valence-corrected chi connectivity index (χ4v) is 3.61. The third-order valence-corrected chi connectivity index (χ3v) is 4.88. The summed E-state index contributed by atoms with van der Waals surface area (Å²) in [5, 5.41) is 3.27. The van der Waals surface area contributed by atoms with Crippen molar-refractivity contribution >= 4 is 10.0 Å². The molecule has 1 aliphatic rings. The zero-order valence-electron chi connectivity index (χ0n) is 11.8. The van der Waals surface area contributed by atoms with Crippen LogP contribution in [0.1, 0.15) is 26.2 Å². The van der Waals surface area contributed by atoms with Crippen LogP contribution in [0.2, 0.25) is 0 Å². The third kappa shape index (κ3) is 4.19. The first-order valence-corrected chi connectivity index (χ1v) is 8.56. The molecule has 0 aromatic heterocycles. The molecule has 1 aromatic carbocycles. The minimum atomic E-state index is -3.44. The predicted octanol–water partition coefficient (Wildman–Crippen LogP) is 1.51. The average molecular weight is 298 g/mol. The molecule has 0 radical (unpaired) electrons. The molecule has 1 heterocycles. The number of nitrogens with one attached hydrogen (secondary N) is 2. The van der Waals surface area contributed by atoms with E-state index in [1.54, 1.807) is 24.3 Å². The van der Waals surface area contributed by atoms with Crippen LogP contribution in [0.25, 0.3) is 0 Å². The number of hydrogen-bond acceptors (Lipinski definition) is 4. The van der Waals surface area contributed by atoms with E-state index in [1.165, 1.54) is 0 Å². The topological polar surface area (TPSA) is 67.4 Å². The van der Waals surface area contributed by atoms with Gasteiger partial charge in [0.15, 0.2) is 0 Å². The highest BCUT2D eigenvalue weighted by atomic mass is 32.2. The maximum absolute atomic E-state index is 12.3. The van der Waals surface area contributed by atoms with Crippen LogP contribution >= 0.6 is 0 Å². The molecule has 0 spiro atoms. The fraction of sp³-hybridized carbons (Fsp3) is 0.571. The largest absolute Gasteiger partial charge is 0.494 e. The Hall–Kier alpha value is -1.11. The lowest BCUT2D eigenvalue weighted by Gasteiger charge is -2.16. The van der Waals surface area contributed by atoms with E-state index in [1.807, 2.05) is 6.92 Å². The van der Waals surface area contributed by atoms with Crippen LogP contribution in [-0.4, -0.2) is 34.2 Å². The van der Waals surface area contributed by atoms with E-state index in [2.05, 4.69) is 10.0 Å². The lowest BCUT2D eigenvalue weighted by molar-refractivity contribution is 0.340. The Kier molecular flexibility index (Phi) is 5.39. The van der Waals surface area contributed by atoms with Gasteiger partial charge in [-0.3, -0.25) is 0 Å². The Labute approximate surface area is 120 Å². The highest BCUT2D eigenvalue weighted by molar-refractivity contribution is 7.89. The second kappa shape index (κ2) is 7.06. The SMILES string of the molecule is CCOc1ccc(S(=O)(=O)NC2CCCNCC2)cc1. The second-order valence-electron chi connectivity index (χ2n) is 4.90. The van der Waals surface area contributed by atoms with Crippen LogP contribution in [0.4, 0.5) is 0 Å². The number of rotatable bonds is 5. The summed E-state index contributed by atoms with van der Waals surface area (Å²) in [6.45, 7) is 4.28. The molecule has 1 fully saturated rings. The van der Waals surface area contributed by atoms with Gasteiger partial charge >= 0.3 is 0 Å². The zero-order valence-corrected chi connectivity index (χ0v) is 12.6. The molecule has 1 aliphatic heterocycles. The van der Waals surface area contributed by atoms with Crippen molar-refractivity contribution < 1.29 is 13.2 Å². The first kappa shape index (κ1) is 15.3. The van der Waals surface area contributed by atoms with Crippen LogP contribution < -0.4 is 14.8 Å². The van der Waals surface area contributed by atoms with Crippen molar-refractivity contribution in [3.05, 3.63) is 24.3 Å². The molecule has 112 valence electrons. The summed E-state index contributed by atoms with van der Waals surface area (Å²) in [6, 6.07) is 6.56. The van der Waals surface area contributed by atoms with Crippen LogP contribution in [-0.2, 0) is 10.0 Å². The average Bonchev–Trinajstić information content (AvgIpc) is 2.68. The maximum Gasteiger partial charge on any atom is 0.240 e. The van der Waals surface area contributed by atoms with Gasteiger partial charge in [0.2, 0.25) is 10.0 Å². The molecule has 1 aromatic rings. The number of sulfonamides is 1. The first-order chi connectivity index (χ1) is 9.62. The van der Waals surface area contributed by atoms with Gasteiger partial charge in [0, 0.05) is 6.04 Å². The molecule has 1 unspecified atom stereocenters. The molecule has 1 saturated heterocycles. The summed E-state index contributed by atoms with van der Waals surface area (Å²) in [5.74, 6) is 0.685. The molecular formula is C14H22N2O3S. The molecule has 1 atom stereocenters. The summed E-state index contributed by atoms with van der Waals surface area (Å²) in [4.78, 5) is 0.290.